The second kappa shape index (κ2) is 10.6. The molecule has 2 rings (SSSR count). The summed E-state index contributed by atoms with van der Waals surface area (Å²) < 4.78 is 35.8. The number of alkyl carbamates (subject to hydrolysis) is 1. The van der Waals surface area contributed by atoms with Crippen LogP contribution in [0.25, 0.3) is 11.1 Å². The zero-order valence-corrected chi connectivity index (χ0v) is 19.6. The Kier molecular flexibility index (Phi) is 8.40. The summed E-state index contributed by atoms with van der Waals surface area (Å²) >= 11 is 0. The number of nitrogens with one attached hydrogen (secondary N) is 1. The van der Waals surface area contributed by atoms with E-state index in [4.69, 9.17) is 9.29 Å². The van der Waals surface area contributed by atoms with Crippen LogP contribution in [0.4, 0.5) is 4.79 Å². The normalized spacial score (nSPS) is 11.7. The molecule has 2 N–H and O–H groups in total. The van der Waals surface area contributed by atoms with Gasteiger partial charge in [-0.15, -0.1) is 0 Å². The van der Waals surface area contributed by atoms with Gasteiger partial charge in [0.05, 0.1) is 5.75 Å². The van der Waals surface area contributed by atoms with Crippen molar-refractivity contribution in [1.82, 2.24) is 10.2 Å². The predicted octanol–water partition coefficient (Wildman–Crippen LogP) is 3.27. The maximum Gasteiger partial charge on any atom is 0.408 e. The highest BCUT2D eigenvalue weighted by molar-refractivity contribution is 7.85. The second-order valence-electron chi connectivity index (χ2n) is 8.54. The Labute approximate surface area is 189 Å². The fraction of sp³-hybridized carbons (Fsp3) is 0.391. The number of carbonyl (C=O) groups is 2. The Balaban J connectivity index is 1.96. The molecule has 0 bridgehead atoms. The van der Waals surface area contributed by atoms with E-state index in [0.717, 1.165) is 22.3 Å². The average molecular weight is 463 g/mol. The minimum absolute atomic E-state index is 0.157. The van der Waals surface area contributed by atoms with Gasteiger partial charge in [0.15, 0.2) is 0 Å². The molecule has 0 radical (unpaired) electrons. The summed E-state index contributed by atoms with van der Waals surface area (Å²) in [4.78, 5) is 25.6. The SMILES string of the molecule is CN(Cc1cccc(-c2ccc(CCS(=O)(=O)O)cc2)c1)C(=O)CNC(=O)OC(C)(C)C. The number of hydrogen-bond acceptors (Lipinski definition) is 5. The molecule has 0 unspecified atom stereocenters. The molecule has 0 saturated carbocycles. The zero-order chi connectivity index (χ0) is 23.9. The summed E-state index contributed by atoms with van der Waals surface area (Å²) in [5.41, 5.74) is 3.00. The van der Waals surface area contributed by atoms with Crippen LogP contribution >= 0.6 is 0 Å². The number of ether oxygens (including phenoxy) is 1. The molecule has 2 aromatic carbocycles. The van der Waals surface area contributed by atoms with Crippen LogP contribution in [-0.2, 0) is 32.6 Å². The first-order valence-electron chi connectivity index (χ1n) is 10.2. The molecule has 2 aromatic rings. The number of amides is 2. The molecule has 0 heterocycles. The minimum atomic E-state index is -3.99. The van der Waals surface area contributed by atoms with Crippen molar-refractivity contribution in [3.63, 3.8) is 0 Å². The van der Waals surface area contributed by atoms with Gasteiger partial charge in [0.25, 0.3) is 10.1 Å². The Morgan fingerprint density at radius 3 is 2.28 bits per heavy atom. The van der Waals surface area contributed by atoms with Gasteiger partial charge in [-0.25, -0.2) is 4.79 Å². The molecule has 0 atom stereocenters. The van der Waals surface area contributed by atoms with E-state index in [9.17, 15) is 18.0 Å². The number of rotatable bonds is 8. The number of nitrogens with zero attached hydrogens (tertiary/aromatic N) is 1. The monoisotopic (exact) mass is 462 g/mol. The van der Waals surface area contributed by atoms with E-state index in [0.29, 0.717) is 6.54 Å². The molecule has 0 aliphatic heterocycles. The number of carbonyl (C=O) groups excluding carboxylic acids is 2. The summed E-state index contributed by atoms with van der Waals surface area (Å²) in [6.07, 6.45) is -0.398. The first-order chi connectivity index (χ1) is 14.8. The molecule has 0 saturated heterocycles. The zero-order valence-electron chi connectivity index (χ0n) is 18.8. The van der Waals surface area contributed by atoms with Crippen molar-refractivity contribution in [3.05, 3.63) is 59.7 Å². The molecular formula is C23H30N2O6S. The highest BCUT2D eigenvalue weighted by Gasteiger charge is 2.17. The Bertz CT molecular complexity index is 1040. The lowest BCUT2D eigenvalue weighted by molar-refractivity contribution is -0.129. The average Bonchev–Trinajstić information content (AvgIpc) is 2.69. The number of benzene rings is 2. The summed E-state index contributed by atoms with van der Waals surface area (Å²) in [5.74, 6) is -0.560. The van der Waals surface area contributed by atoms with Gasteiger partial charge in [-0.05, 0) is 55.5 Å². The highest BCUT2D eigenvalue weighted by Crippen LogP contribution is 2.22. The Hall–Kier alpha value is -2.91. The Morgan fingerprint density at radius 2 is 1.69 bits per heavy atom. The van der Waals surface area contributed by atoms with Gasteiger partial charge in [0.1, 0.15) is 12.1 Å². The third-order valence-electron chi connectivity index (χ3n) is 4.49. The largest absolute Gasteiger partial charge is 0.444 e. The lowest BCUT2D eigenvalue weighted by atomic mass is 10.0. The first kappa shape index (κ1) is 25.4. The van der Waals surface area contributed by atoms with Gasteiger partial charge in [-0.1, -0.05) is 42.5 Å². The number of hydrogen-bond donors (Lipinski definition) is 2. The van der Waals surface area contributed by atoms with Crippen LogP contribution in [0.15, 0.2) is 48.5 Å². The van der Waals surface area contributed by atoms with Crippen LogP contribution in [0.3, 0.4) is 0 Å². The van der Waals surface area contributed by atoms with E-state index in [1.807, 2.05) is 48.5 Å². The molecule has 0 spiro atoms. The molecule has 174 valence electrons. The van der Waals surface area contributed by atoms with Crippen molar-refractivity contribution in [2.24, 2.45) is 0 Å². The van der Waals surface area contributed by atoms with Gasteiger partial charge in [-0.3, -0.25) is 9.35 Å². The van der Waals surface area contributed by atoms with E-state index in [2.05, 4.69) is 5.32 Å². The van der Waals surface area contributed by atoms with Crippen molar-refractivity contribution >= 4 is 22.1 Å². The van der Waals surface area contributed by atoms with Crippen molar-refractivity contribution in [2.45, 2.75) is 39.3 Å². The topological polar surface area (TPSA) is 113 Å². The van der Waals surface area contributed by atoms with Crippen LogP contribution in [-0.4, -0.2) is 54.8 Å². The van der Waals surface area contributed by atoms with E-state index >= 15 is 0 Å². The molecule has 0 fully saturated rings. The highest BCUT2D eigenvalue weighted by atomic mass is 32.2. The minimum Gasteiger partial charge on any atom is -0.444 e. The van der Waals surface area contributed by atoms with E-state index < -0.39 is 21.8 Å². The van der Waals surface area contributed by atoms with Gasteiger partial charge in [-0.2, -0.15) is 8.42 Å². The lowest BCUT2D eigenvalue weighted by Crippen LogP contribution is -2.40. The lowest BCUT2D eigenvalue weighted by Gasteiger charge is -2.21. The number of likely N-dealkylation sites (N-methyl/N-ethyl adjacent to an activating group) is 1. The van der Waals surface area contributed by atoms with Gasteiger partial charge in [0, 0.05) is 13.6 Å². The van der Waals surface area contributed by atoms with E-state index in [1.54, 1.807) is 27.8 Å². The molecule has 9 heteroatoms. The first-order valence-corrected chi connectivity index (χ1v) is 11.8. The molecule has 2 amide bonds. The fourth-order valence-corrected chi connectivity index (χ4v) is 3.41. The Morgan fingerprint density at radius 1 is 1.03 bits per heavy atom. The van der Waals surface area contributed by atoms with Gasteiger partial charge >= 0.3 is 6.09 Å². The summed E-state index contributed by atoms with van der Waals surface area (Å²) in [6, 6.07) is 15.1. The maximum atomic E-state index is 12.3. The molecular weight excluding hydrogens is 432 g/mol. The van der Waals surface area contributed by atoms with Crippen LogP contribution in [0.2, 0.25) is 0 Å². The molecule has 0 aliphatic carbocycles. The quantitative estimate of drug-likeness (QED) is 0.582. The van der Waals surface area contributed by atoms with E-state index in [-0.39, 0.29) is 24.6 Å². The van der Waals surface area contributed by atoms with Crippen LogP contribution in [0.1, 0.15) is 31.9 Å². The van der Waals surface area contributed by atoms with Crippen LogP contribution in [0.5, 0.6) is 0 Å². The van der Waals surface area contributed by atoms with Crippen molar-refractivity contribution in [2.75, 3.05) is 19.3 Å². The fourth-order valence-electron chi connectivity index (χ4n) is 2.92. The molecule has 8 nitrogen and oxygen atoms in total. The molecule has 0 aliphatic rings. The van der Waals surface area contributed by atoms with Crippen molar-refractivity contribution < 1.29 is 27.3 Å². The molecule has 0 aromatic heterocycles. The summed E-state index contributed by atoms with van der Waals surface area (Å²) in [7, 11) is -2.33. The summed E-state index contributed by atoms with van der Waals surface area (Å²) in [5, 5.41) is 2.46. The standard InChI is InChI=1S/C23H30N2O6S/c1-23(2,3)31-22(27)24-15-21(26)25(4)16-18-6-5-7-20(14-18)19-10-8-17(9-11-19)12-13-32(28,29)30/h5-11,14H,12-13,15-16H2,1-4H3,(H,24,27)(H,28,29,30). The maximum absolute atomic E-state index is 12.3. The van der Waals surface area contributed by atoms with Crippen LogP contribution in [0, 0.1) is 0 Å². The van der Waals surface area contributed by atoms with Crippen molar-refractivity contribution in [3.8, 4) is 11.1 Å². The number of aryl methyl sites for hydroxylation is 1. The third-order valence-corrected chi connectivity index (χ3v) is 5.21. The van der Waals surface area contributed by atoms with Crippen molar-refractivity contribution in [1.29, 1.82) is 0 Å². The smallest absolute Gasteiger partial charge is 0.408 e. The van der Waals surface area contributed by atoms with E-state index in [1.165, 1.54) is 4.90 Å². The second-order valence-corrected chi connectivity index (χ2v) is 10.1. The summed E-state index contributed by atoms with van der Waals surface area (Å²) in [6.45, 7) is 5.47. The van der Waals surface area contributed by atoms with Gasteiger partial charge < -0.3 is 15.0 Å². The predicted molar refractivity (Wildman–Crippen MR) is 123 cm³/mol. The molecule has 32 heavy (non-hydrogen) atoms. The van der Waals surface area contributed by atoms with Crippen LogP contribution < -0.4 is 5.32 Å². The third kappa shape index (κ3) is 9.07. The van der Waals surface area contributed by atoms with Gasteiger partial charge in [0.2, 0.25) is 5.91 Å².